The molecule has 1 amide bonds. The van der Waals surface area contributed by atoms with Crippen LogP contribution in [0.5, 0.6) is 0 Å². The predicted molar refractivity (Wildman–Crippen MR) is 68.4 cm³/mol. The van der Waals surface area contributed by atoms with E-state index < -0.39 is 0 Å². The van der Waals surface area contributed by atoms with Crippen LogP contribution >= 0.6 is 0 Å². The van der Waals surface area contributed by atoms with Crippen molar-refractivity contribution < 1.29 is 9.59 Å². The van der Waals surface area contributed by atoms with E-state index in [1.165, 1.54) is 6.92 Å². The predicted octanol–water partition coefficient (Wildman–Crippen LogP) is 2.68. The van der Waals surface area contributed by atoms with Gasteiger partial charge in [-0.05, 0) is 33.3 Å². The van der Waals surface area contributed by atoms with E-state index in [2.05, 4.69) is 0 Å². The molecule has 0 saturated carbocycles. The van der Waals surface area contributed by atoms with Crippen LogP contribution in [0.3, 0.4) is 0 Å². The summed E-state index contributed by atoms with van der Waals surface area (Å²) in [5.74, 6) is -0.123. The van der Waals surface area contributed by atoms with Crippen molar-refractivity contribution in [3.05, 3.63) is 34.9 Å². The summed E-state index contributed by atoms with van der Waals surface area (Å²) in [4.78, 5) is 25.6. The summed E-state index contributed by atoms with van der Waals surface area (Å²) in [5.41, 5.74) is 1.92. The van der Waals surface area contributed by atoms with Gasteiger partial charge in [0.2, 0.25) is 0 Å². The number of Topliss-reactive ketones (excluding diaryl/α,β-unsaturated/α-hetero) is 1. The zero-order chi connectivity index (χ0) is 13.0. The lowest BCUT2D eigenvalue weighted by Gasteiger charge is -2.21. The van der Waals surface area contributed by atoms with Gasteiger partial charge in [-0.2, -0.15) is 0 Å². The molecule has 0 aromatic heterocycles. The maximum Gasteiger partial charge on any atom is 0.254 e. The van der Waals surface area contributed by atoms with E-state index >= 15 is 0 Å². The molecular formula is C14H19NO2. The minimum atomic E-state index is -0.0655. The molecule has 3 heteroatoms. The molecule has 92 valence electrons. The number of hydrogen-bond acceptors (Lipinski definition) is 2. The van der Waals surface area contributed by atoms with Crippen LogP contribution < -0.4 is 0 Å². The fraction of sp³-hybridized carbons (Fsp3) is 0.429. The molecule has 0 unspecified atom stereocenters. The molecule has 0 spiro atoms. The van der Waals surface area contributed by atoms with E-state index in [4.69, 9.17) is 0 Å². The van der Waals surface area contributed by atoms with Crippen LogP contribution in [0.25, 0.3) is 0 Å². The molecule has 1 aromatic carbocycles. The highest BCUT2D eigenvalue weighted by Gasteiger charge is 2.20. The van der Waals surface area contributed by atoms with Gasteiger partial charge >= 0.3 is 0 Å². The van der Waals surface area contributed by atoms with Crippen molar-refractivity contribution in [3.63, 3.8) is 0 Å². The lowest BCUT2D eigenvalue weighted by Crippen LogP contribution is -2.32. The average Bonchev–Trinajstić information content (AvgIpc) is 2.29. The van der Waals surface area contributed by atoms with Crippen molar-refractivity contribution in [2.45, 2.75) is 27.7 Å². The summed E-state index contributed by atoms with van der Waals surface area (Å²) < 4.78 is 0. The van der Waals surface area contributed by atoms with Gasteiger partial charge in [0.15, 0.2) is 5.78 Å². The fourth-order valence-electron chi connectivity index (χ4n) is 1.91. The molecule has 0 atom stereocenters. The molecule has 0 aliphatic carbocycles. The van der Waals surface area contributed by atoms with Crippen LogP contribution in [0.4, 0.5) is 0 Å². The van der Waals surface area contributed by atoms with Crippen LogP contribution in [0.2, 0.25) is 0 Å². The number of ketones is 1. The largest absolute Gasteiger partial charge is 0.339 e. The number of amides is 1. The number of carbonyl (C=O) groups excluding carboxylic acids is 2. The Balaban J connectivity index is 3.29. The second kappa shape index (κ2) is 5.62. The van der Waals surface area contributed by atoms with Gasteiger partial charge < -0.3 is 4.90 Å². The summed E-state index contributed by atoms with van der Waals surface area (Å²) in [6.07, 6.45) is 0. The first-order valence-corrected chi connectivity index (χ1v) is 5.92. The highest BCUT2D eigenvalue weighted by Crippen LogP contribution is 2.17. The zero-order valence-electron chi connectivity index (χ0n) is 10.9. The Bertz CT molecular complexity index is 434. The normalized spacial score (nSPS) is 10.1. The highest BCUT2D eigenvalue weighted by molar-refractivity contribution is 6.08. The Hall–Kier alpha value is -1.64. The number of hydrogen-bond donors (Lipinski definition) is 0. The number of nitrogens with zero attached hydrogens (tertiary/aromatic N) is 1. The molecule has 3 nitrogen and oxygen atoms in total. The summed E-state index contributed by atoms with van der Waals surface area (Å²) in [7, 11) is 0. The van der Waals surface area contributed by atoms with E-state index in [0.717, 1.165) is 5.56 Å². The minimum absolute atomic E-state index is 0.0571. The van der Waals surface area contributed by atoms with E-state index in [-0.39, 0.29) is 11.7 Å². The van der Waals surface area contributed by atoms with Crippen molar-refractivity contribution >= 4 is 11.7 Å². The van der Waals surface area contributed by atoms with Crippen LogP contribution in [0.15, 0.2) is 18.2 Å². The van der Waals surface area contributed by atoms with Gasteiger partial charge in [0.05, 0.1) is 5.56 Å². The van der Waals surface area contributed by atoms with E-state index in [1.54, 1.807) is 11.0 Å². The molecule has 17 heavy (non-hydrogen) atoms. The number of rotatable bonds is 4. The van der Waals surface area contributed by atoms with Gasteiger partial charge in [0.25, 0.3) is 5.91 Å². The maximum atomic E-state index is 12.3. The lowest BCUT2D eigenvalue weighted by molar-refractivity contribution is 0.0767. The first kappa shape index (κ1) is 13.4. The van der Waals surface area contributed by atoms with Gasteiger partial charge in [-0.3, -0.25) is 9.59 Å². The molecule has 0 radical (unpaired) electrons. The first-order chi connectivity index (χ1) is 8.02. The van der Waals surface area contributed by atoms with Crippen molar-refractivity contribution in [2.24, 2.45) is 0 Å². The molecule has 0 N–H and O–H groups in total. The van der Waals surface area contributed by atoms with Crippen LogP contribution in [0.1, 0.15) is 47.1 Å². The smallest absolute Gasteiger partial charge is 0.254 e. The Morgan fingerprint density at radius 2 is 1.76 bits per heavy atom. The van der Waals surface area contributed by atoms with Gasteiger partial charge in [-0.1, -0.05) is 18.2 Å². The van der Waals surface area contributed by atoms with Gasteiger partial charge in [-0.15, -0.1) is 0 Å². The van der Waals surface area contributed by atoms with Crippen LogP contribution in [-0.2, 0) is 0 Å². The molecule has 0 fully saturated rings. The number of benzene rings is 1. The van der Waals surface area contributed by atoms with Gasteiger partial charge in [0, 0.05) is 18.7 Å². The number of aryl methyl sites for hydroxylation is 1. The van der Waals surface area contributed by atoms with E-state index in [0.29, 0.717) is 24.2 Å². The Kier molecular flexibility index (Phi) is 4.44. The third-order valence-electron chi connectivity index (χ3n) is 2.92. The standard InChI is InChI=1S/C14H19NO2/c1-5-15(6-2)14(17)13-10(3)8-7-9-12(13)11(4)16/h7-9H,5-6H2,1-4H3. The summed E-state index contributed by atoms with van der Waals surface area (Å²) in [6, 6.07) is 5.39. The molecule has 0 bridgehead atoms. The summed E-state index contributed by atoms with van der Waals surface area (Å²) in [6.45, 7) is 8.54. The lowest BCUT2D eigenvalue weighted by atomic mass is 9.98. The van der Waals surface area contributed by atoms with E-state index in [1.807, 2.05) is 32.9 Å². The van der Waals surface area contributed by atoms with Crippen molar-refractivity contribution in [2.75, 3.05) is 13.1 Å². The first-order valence-electron chi connectivity index (χ1n) is 5.92. The van der Waals surface area contributed by atoms with Crippen LogP contribution in [-0.4, -0.2) is 29.7 Å². The van der Waals surface area contributed by atoms with Crippen molar-refractivity contribution in [1.82, 2.24) is 4.90 Å². The quantitative estimate of drug-likeness (QED) is 0.750. The molecular weight excluding hydrogens is 214 g/mol. The van der Waals surface area contributed by atoms with E-state index in [9.17, 15) is 9.59 Å². The minimum Gasteiger partial charge on any atom is -0.339 e. The number of carbonyl (C=O) groups is 2. The van der Waals surface area contributed by atoms with Crippen molar-refractivity contribution in [1.29, 1.82) is 0 Å². The molecule has 1 rings (SSSR count). The second-order valence-electron chi connectivity index (χ2n) is 4.03. The third kappa shape index (κ3) is 2.73. The SMILES string of the molecule is CCN(CC)C(=O)c1c(C)cccc1C(C)=O. The topological polar surface area (TPSA) is 37.4 Å². The molecule has 1 aromatic rings. The maximum absolute atomic E-state index is 12.3. The summed E-state index contributed by atoms with van der Waals surface area (Å²) >= 11 is 0. The molecule has 0 aliphatic heterocycles. The molecule has 0 aliphatic rings. The third-order valence-corrected chi connectivity index (χ3v) is 2.92. The zero-order valence-corrected chi connectivity index (χ0v) is 10.9. The Morgan fingerprint density at radius 3 is 2.24 bits per heavy atom. The molecule has 0 saturated heterocycles. The van der Waals surface area contributed by atoms with Gasteiger partial charge in [-0.25, -0.2) is 0 Å². The summed E-state index contributed by atoms with van der Waals surface area (Å²) in [5, 5.41) is 0. The Morgan fingerprint density at radius 1 is 1.18 bits per heavy atom. The highest BCUT2D eigenvalue weighted by atomic mass is 16.2. The monoisotopic (exact) mass is 233 g/mol. The van der Waals surface area contributed by atoms with Crippen LogP contribution in [0, 0.1) is 6.92 Å². The Labute approximate surface area is 102 Å². The second-order valence-corrected chi connectivity index (χ2v) is 4.03. The van der Waals surface area contributed by atoms with Crippen molar-refractivity contribution in [3.8, 4) is 0 Å². The van der Waals surface area contributed by atoms with Gasteiger partial charge in [0.1, 0.15) is 0 Å². The average molecular weight is 233 g/mol. The fourth-order valence-corrected chi connectivity index (χ4v) is 1.91. The molecule has 0 heterocycles.